The van der Waals surface area contributed by atoms with E-state index in [1.54, 1.807) is 6.20 Å². The predicted molar refractivity (Wildman–Crippen MR) is 218 cm³/mol. The van der Waals surface area contributed by atoms with Gasteiger partial charge < -0.3 is 9.40 Å². The summed E-state index contributed by atoms with van der Waals surface area (Å²) in [5, 5.41) is 4.22. The SMILES string of the molecule is [2H]C(C)(C)c1ccnc(-c2[c-]cc3oc4ccccc4c3c2)c1.[2H]C([2H])(c1ccccc1)c1cc(-c2[c-]ccc3c2oc2ccccc23)nc[c]1[Ge]([CH3])([CH3])[CH3].[Ir]. The van der Waals surface area contributed by atoms with Gasteiger partial charge in [0.15, 0.2) is 0 Å². The fourth-order valence-corrected chi connectivity index (χ4v) is 9.48. The zero-order valence-corrected chi connectivity index (χ0v) is 34.7. The molecule has 0 aliphatic rings. The molecule has 265 valence electrons. The fraction of sp³-hybridized carbons (Fsp3) is 0.149. The second-order valence-corrected chi connectivity index (χ2v) is 24.8. The van der Waals surface area contributed by atoms with E-state index in [0.29, 0.717) is 16.8 Å². The Hall–Kier alpha value is -4.81. The van der Waals surface area contributed by atoms with Gasteiger partial charge in [0.2, 0.25) is 0 Å². The standard InChI is InChI=1S/C27H24GeNO.C20H16NO.Ir/c1-28(2,3)24-18-29-25(17-20(24)16-19-10-5-4-6-11-19)23-14-9-13-22-21-12-7-8-15-26(21)30-27(22)23;1-13(2)14-9-10-21-18(12-14)15-7-8-20-17(11-15)16-5-3-4-6-19(16)22-20;/h4-13,15,17-18H,16H2,1-3H3;3-6,8-13H,1-2H3;/q2*-1;/i16D2;13D;. The molecule has 0 N–H and O–H groups in total. The van der Waals surface area contributed by atoms with Crippen LogP contribution in [0.1, 0.15) is 40.5 Å². The number of aromatic nitrogens is 2. The first-order valence-electron chi connectivity index (χ1n) is 19.0. The third kappa shape index (κ3) is 7.52. The Morgan fingerprint density at radius 2 is 1.42 bits per heavy atom. The zero-order valence-electron chi connectivity index (χ0n) is 33.2. The molecule has 0 saturated carbocycles. The van der Waals surface area contributed by atoms with E-state index in [2.05, 4.69) is 46.5 Å². The summed E-state index contributed by atoms with van der Waals surface area (Å²) in [6.45, 7) is 3.76. The summed E-state index contributed by atoms with van der Waals surface area (Å²) in [5.41, 5.74) is 8.73. The van der Waals surface area contributed by atoms with Crippen LogP contribution in [0.2, 0.25) is 17.3 Å². The number of fused-ring (bicyclic) bond motifs is 6. The maximum atomic E-state index is 9.07. The van der Waals surface area contributed by atoms with Crippen molar-refractivity contribution in [2.45, 2.75) is 43.4 Å². The first-order chi connectivity index (χ1) is 26.3. The predicted octanol–water partition coefficient (Wildman–Crippen LogP) is 12.2. The Morgan fingerprint density at radius 1 is 0.717 bits per heavy atom. The first-order valence-corrected chi connectivity index (χ1v) is 24.8. The largest absolute Gasteiger partial charge is 0 e. The molecular formula is C47H40GeIrN2O2-2. The molecule has 0 spiro atoms. The molecule has 0 atom stereocenters. The molecule has 1 radical (unpaired) electrons. The molecule has 4 nitrogen and oxygen atoms in total. The van der Waals surface area contributed by atoms with Crippen molar-refractivity contribution in [1.29, 1.82) is 0 Å². The second-order valence-electron chi connectivity index (χ2n) is 14.2. The van der Waals surface area contributed by atoms with Crippen molar-refractivity contribution in [3.8, 4) is 22.5 Å². The van der Waals surface area contributed by atoms with E-state index >= 15 is 0 Å². The molecule has 9 rings (SSSR count). The molecule has 0 aliphatic heterocycles. The first kappa shape index (κ1) is 32.8. The average Bonchev–Trinajstić information content (AvgIpc) is 3.76. The minimum absolute atomic E-state index is 0. The molecule has 0 saturated heterocycles. The molecule has 5 aromatic carbocycles. The van der Waals surface area contributed by atoms with Gasteiger partial charge >= 0.3 is 183 Å². The topological polar surface area (TPSA) is 52.1 Å². The smallest absolute Gasteiger partial charge is 0 e. The average molecular weight is 933 g/mol. The number of furan rings is 2. The van der Waals surface area contributed by atoms with Crippen LogP contribution in [0.4, 0.5) is 0 Å². The van der Waals surface area contributed by atoms with Crippen molar-refractivity contribution < 1.29 is 33.1 Å². The zero-order chi connectivity index (χ0) is 38.5. The van der Waals surface area contributed by atoms with Crippen molar-refractivity contribution in [1.82, 2.24) is 9.97 Å². The summed E-state index contributed by atoms with van der Waals surface area (Å²) < 4.78 is 39.4. The maximum absolute atomic E-state index is 9.07. The normalized spacial score (nSPS) is 12.9. The number of pyridine rings is 2. The summed E-state index contributed by atoms with van der Waals surface area (Å²) in [7, 11) is 0. The van der Waals surface area contributed by atoms with Gasteiger partial charge in [-0.05, 0) is 23.7 Å². The molecule has 6 heteroatoms. The van der Waals surface area contributed by atoms with Gasteiger partial charge in [-0.25, -0.2) is 0 Å². The molecule has 9 aromatic rings. The van der Waals surface area contributed by atoms with Crippen molar-refractivity contribution in [3.05, 3.63) is 163 Å². The van der Waals surface area contributed by atoms with Crippen LogP contribution in [0, 0.1) is 12.1 Å². The van der Waals surface area contributed by atoms with Gasteiger partial charge in [0.1, 0.15) is 5.58 Å². The van der Waals surface area contributed by atoms with Crippen LogP contribution < -0.4 is 4.40 Å². The van der Waals surface area contributed by atoms with Gasteiger partial charge in [-0.3, -0.25) is 0 Å². The number of hydrogen-bond donors (Lipinski definition) is 0. The van der Waals surface area contributed by atoms with Crippen LogP contribution in [0.3, 0.4) is 0 Å². The second kappa shape index (κ2) is 15.3. The number of nitrogens with zero attached hydrogens (tertiary/aromatic N) is 2. The van der Waals surface area contributed by atoms with Gasteiger partial charge in [0.25, 0.3) is 0 Å². The summed E-state index contributed by atoms with van der Waals surface area (Å²) in [4.78, 5) is 9.24. The van der Waals surface area contributed by atoms with Gasteiger partial charge in [0.05, 0.1) is 5.58 Å². The molecule has 0 fully saturated rings. The van der Waals surface area contributed by atoms with E-state index in [1.807, 2.05) is 129 Å². The Morgan fingerprint density at radius 3 is 2.15 bits per heavy atom. The number of rotatable bonds is 6. The van der Waals surface area contributed by atoms with Gasteiger partial charge in [0, 0.05) is 33.1 Å². The van der Waals surface area contributed by atoms with Crippen molar-refractivity contribution in [2.24, 2.45) is 0 Å². The summed E-state index contributed by atoms with van der Waals surface area (Å²) in [6.07, 6.45) is 2.02. The van der Waals surface area contributed by atoms with Crippen molar-refractivity contribution >= 4 is 61.5 Å². The van der Waals surface area contributed by atoms with E-state index in [0.717, 1.165) is 70.7 Å². The maximum Gasteiger partial charge on any atom is 0 e. The Kier molecular flexibility index (Phi) is 9.46. The minimum Gasteiger partial charge on any atom is 0 e. The molecule has 0 aliphatic carbocycles. The number of benzene rings is 5. The van der Waals surface area contributed by atoms with Crippen LogP contribution in [-0.2, 0) is 26.5 Å². The monoisotopic (exact) mass is 934 g/mol. The third-order valence-corrected chi connectivity index (χ3v) is 13.5. The summed E-state index contributed by atoms with van der Waals surface area (Å²) >= 11 is -2.42. The van der Waals surface area contributed by atoms with E-state index in [9.17, 15) is 0 Å². The summed E-state index contributed by atoms with van der Waals surface area (Å²) in [6, 6.07) is 45.5. The van der Waals surface area contributed by atoms with Gasteiger partial charge in [-0.15, -0.1) is 23.8 Å². The van der Waals surface area contributed by atoms with Gasteiger partial charge in [-0.1, -0.05) is 49.1 Å². The van der Waals surface area contributed by atoms with Crippen LogP contribution in [0.15, 0.2) is 143 Å². The van der Waals surface area contributed by atoms with Gasteiger partial charge in [-0.2, -0.15) is 0 Å². The van der Waals surface area contributed by atoms with Crippen LogP contribution in [-0.4, -0.2) is 23.2 Å². The Bertz CT molecular complexity index is 2840. The number of hydrogen-bond acceptors (Lipinski definition) is 4. The van der Waals surface area contributed by atoms with Crippen molar-refractivity contribution in [3.63, 3.8) is 0 Å². The Labute approximate surface area is 331 Å². The van der Waals surface area contributed by atoms with Crippen LogP contribution in [0.25, 0.3) is 66.4 Å². The summed E-state index contributed by atoms with van der Waals surface area (Å²) in [5.74, 6) is 6.16. The molecule has 0 unspecified atom stereocenters. The van der Waals surface area contributed by atoms with Crippen LogP contribution >= 0.6 is 0 Å². The van der Waals surface area contributed by atoms with E-state index < -0.39 is 25.5 Å². The quantitative estimate of drug-likeness (QED) is 0.123. The van der Waals surface area contributed by atoms with E-state index in [1.165, 1.54) is 0 Å². The van der Waals surface area contributed by atoms with Crippen molar-refractivity contribution in [2.75, 3.05) is 0 Å². The van der Waals surface area contributed by atoms with E-state index in [-0.39, 0.29) is 20.1 Å². The van der Waals surface area contributed by atoms with Crippen LogP contribution in [0.5, 0.6) is 0 Å². The molecule has 53 heavy (non-hydrogen) atoms. The molecule has 4 heterocycles. The van der Waals surface area contributed by atoms with E-state index in [4.69, 9.17) is 17.9 Å². The Balaban J connectivity index is 0.000000177. The minimum atomic E-state index is -2.42. The molecule has 0 amide bonds. The molecule has 0 bridgehead atoms. The number of para-hydroxylation sites is 2. The molecule has 4 aromatic heterocycles. The molecular weight excluding hydrogens is 889 g/mol. The third-order valence-electron chi connectivity index (χ3n) is 9.28. The fourth-order valence-electron chi connectivity index (χ4n) is 6.56.